The summed E-state index contributed by atoms with van der Waals surface area (Å²) in [6.07, 6.45) is 3.34. The number of rotatable bonds is 4. The van der Waals surface area contributed by atoms with Crippen molar-refractivity contribution in [2.45, 2.75) is 6.54 Å². The van der Waals surface area contributed by atoms with E-state index in [0.717, 1.165) is 25.0 Å². The molecule has 0 amide bonds. The number of benzene rings is 1. The number of hydrogen-bond donors (Lipinski definition) is 0. The third-order valence-electron chi connectivity index (χ3n) is 4.64. The normalized spacial score (nSPS) is 15.6. The molecule has 0 bridgehead atoms. The molecule has 0 unspecified atom stereocenters. The van der Waals surface area contributed by atoms with Crippen molar-refractivity contribution in [2.24, 2.45) is 0 Å². The van der Waals surface area contributed by atoms with Gasteiger partial charge in [-0.25, -0.2) is 13.8 Å². The largest absolute Gasteiger partial charge is 0.496 e. The summed E-state index contributed by atoms with van der Waals surface area (Å²) in [4.78, 5) is 8.45. The molecule has 0 radical (unpaired) electrons. The number of aromatic nitrogens is 4. The average molecular weight is 360 g/mol. The number of piperazine rings is 1. The molecule has 3 aromatic rings. The maximum atomic E-state index is 14.2. The fourth-order valence-electron chi connectivity index (χ4n) is 3.26. The van der Waals surface area contributed by atoms with Crippen LogP contribution in [-0.4, -0.2) is 57.8 Å². The molecule has 4 rings (SSSR count). The molecule has 1 aliphatic rings. The van der Waals surface area contributed by atoms with Crippen LogP contribution in [-0.2, 0) is 6.54 Å². The van der Waals surface area contributed by atoms with Gasteiger partial charge in [0.15, 0.2) is 11.6 Å². The van der Waals surface area contributed by atoms with Crippen molar-refractivity contribution in [1.29, 1.82) is 0 Å². The molecule has 7 nitrogen and oxygen atoms in total. The summed E-state index contributed by atoms with van der Waals surface area (Å²) in [5.74, 6) is 0.190. The Balaban J connectivity index is 1.48. The van der Waals surface area contributed by atoms with Gasteiger partial charge in [0.05, 0.1) is 7.11 Å². The summed E-state index contributed by atoms with van der Waals surface area (Å²) < 4.78 is 34.8. The summed E-state index contributed by atoms with van der Waals surface area (Å²) in [5.41, 5.74) is 0.256. The molecule has 1 fully saturated rings. The van der Waals surface area contributed by atoms with Gasteiger partial charge in [0.25, 0.3) is 5.78 Å². The third kappa shape index (κ3) is 2.94. The maximum absolute atomic E-state index is 14.2. The van der Waals surface area contributed by atoms with Crippen molar-refractivity contribution in [2.75, 3.05) is 38.2 Å². The molecule has 0 saturated carbocycles. The van der Waals surface area contributed by atoms with Gasteiger partial charge in [0.2, 0.25) is 0 Å². The summed E-state index contributed by atoms with van der Waals surface area (Å²) >= 11 is 0. The van der Waals surface area contributed by atoms with E-state index in [9.17, 15) is 8.78 Å². The van der Waals surface area contributed by atoms with E-state index in [0.29, 0.717) is 31.2 Å². The number of anilines is 1. The zero-order valence-corrected chi connectivity index (χ0v) is 14.3. The molecule has 1 aliphatic heterocycles. The molecule has 9 heteroatoms. The van der Waals surface area contributed by atoms with Gasteiger partial charge in [-0.05, 0) is 18.2 Å². The van der Waals surface area contributed by atoms with Crippen molar-refractivity contribution in [3.05, 3.63) is 47.9 Å². The Hall–Kier alpha value is -2.81. The average Bonchev–Trinajstić information content (AvgIpc) is 3.15. The standard InChI is InChI=1S/C17H18F2N6O/c1-26-14-3-2-13(18)16(19)12(14)10-23-6-8-24(9-7-23)15-4-5-20-17-22-21-11-25(15)17/h2-5,11H,6-10H2,1H3. The number of ether oxygens (including phenoxy) is 1. The lowest BCUT2D eigenvalue weighted by atomic mass is 10.1. The number of fused-ring (bicyclic) bond motifs is 1. The fourth-order valence-corrected chi connectivity index (χ4v) is 3.26. The van der Waals surface area contributed by atoms with Crippen LogP contribution in [0, 0.1) is 11.6 Å². The second kappa shape index (κ2) is 6.83. The van der Waals surface area contributed by atoms with E-state index in [4.69, 9.17) is 4.74 Å². The molecule has 0 N–H and O–H groups in total. The van der Waals surface area contributed by atoms with Gasteiger partial charge in [0.1, 0.15) is 17.9 Å². The van der Waals surface area contributed by atoms with Gasteiger partial charge >= 0.3 is 0 Å². The van der Waals surface area contributed by atoms with Crippen LogP contribution in [0.3, 0.4) is 0 Å². The second-order valence-corrected chi connectivity index (χ2v) is 6.11. The number of nitrogens with zero attached hydrogens (tertiary/aromatic N) is 6. The smallest absolute Gasteiger partial charge is 0.256 e. The lowest BCUT2D eigenvalue weighted by Gasteiger charge is -2.36. The minimum Gasteiger partial charge on any atom is -0.496 e. The monoisotopic (exact) mass is 360 g/mol. The topological polar surface area (TPSA) is 58.8 Å². The lowest BCUT2D eigenvalue weighted by Crippen LogP contribution is -2.46. The highest BCUT2D eigenvalue weighted by atomic mass is 19.2. The summed E-state index contributed by atoms with van der Waals surface area (Å²) in [6.45, 7) is 3.22. The van der Waals surface area contributed by atoms with Crippen molar-refractivity contribution in [3.63, 3.8) is 0 Å². The maximum Gasteiger partial charge on any atom is 0.256 e. The molecule has 2 aromatic heterocycles. The predicted octanol–water partition coefficient (Wildman–Crippen LogP) is 1.73. The van der Waals surface area contributed by atoms with Gasteiger partial charge in [-0.15, -0.1) is 10.2 Å². The summed E-state index contributed by atoms with van der Waals surface area (Å²) in [5, 5.41) is 7.84. The Morgan fingerprint density at radius 2 is 1.92 bits per heavy atom. The first kappa shape index (κ1) is 16.6. The highest BCUT2D eigenvalue weighted by molar-refractivity contribution is 5.46. The number of hydrogen-bond acceptors (Lipinski definition) is 6. The first-order valence-corrected chi connectivity index (χ1v) is 8.30. The molecule has 26 heavy (non-hydrogen) atoms. The molecule has 1 saturated heterocycles. The van der Waals surface area contributed by atoms with E-state index < -0.39 is 11.6 Å². The molecule has 0 aliphatic carbocycles. The van der Waals surface area contributed by atoms with Crippen LogP contribution in [0.5, 0.6) is 5.75 Å². The fraction of sp³-hybridized carbons (Fsp3) is 0.353. The number of halogens is 2. The molecule has 3 heterocycles. The zero-order chi connectivity index (χ0) is 18.1. The quantitative estimate of drug-likeness (QED) is 0.706. The van der Waals surface area contributed by atoms with Gasteiger partial charge in [-0.1, -0.05) is 0 Å². The van der Waals surface area contributed by atoms with Crippen molar-refractivity contribution in [1.82, 2.24) is 24.5 Å². The van der Waals surface area contributed by atoms with Crippen LogP contribution >= 0.6 is 0 Å². The first-order chi connectivity index (χ1) is 12.7. The van der Waals surface area contributed by atoms with E-state index in [1.54, 1.807) is 12.5 Å². The van der Waals surface area contributed by atoms with E-state index in [1.165, 1.54) is 13.2 Å². The van der Waals surface area contributed by atoms with Gasteiger partial charge in [0, 0.05) is 44.5 Å². The summed E-state index contributed by atoms with van der Waals surface area (Å²) in [6, 6.07) is 4.47. The SMILES string of the molecule is COc1ccc(F)c(F)c1CN1CCN(c2ccnc3nncn23)CC1. The molecule has 136 valence electrons. The summed E-state index contributed by atoms with van der Waals surface area (Å²) in [7, 11) is 1.46. The highest BCUT2D eigenvalue weighted by Gasteiger charge is 2.23. The van der Waals surface area contributed by atoms with Gasteiger partial charge in [-0.3, -0.25) is 9.30 Å². The van der Waals surface area contributed by atoms with Crippen molar-refractivity contribution in [3.8, 4) is 5.75 Å². The van der Waals surface area contributed by atoms with E-state index >= 15 is 0 Å². The lowest BCUT2D eigenvalue weighted by molar-refractivity contribution is 0.240. The number of methoxy groups -OCH3 is 1. The van der Waals surface area contributed by atoms with Crippen molar-refractivity contribution < 1.29 is 13.5 Å². The van der Waals surface area contributed by atoms with Crippen LogP contribution < -0.4 is 9.64 Å². The van der Waals surface area contributed by atoms with Crippen LogP contribution in [0.2, 0.25) is 0 Å². The third-order valence-corrected chi connectivity index (χ3v) is 4.64. The van der Waals surface area contributed by atoms with Crippen LogP contribution in [0.25, 0.3) is 5.78 Å². The van der Waals surface area contributed by atoms with E-state index in [2.05, 4.69) is 25.0 Å². The zero-order valence-electron chi connectivity index (χ0n) is 14.3. The Kier molecular flexibility index (Phi) is 4.37. The predicted molar refractivity (Wildman–Crippen MR) is 91.2 cm³/mol. The molecular weight excluding hydrogens is 342 g/mol. The molecule has 1 aromatic carbocycles. The Labute approximate surface area is 148 Å². The van der Waals surface area contributed by atoms with Gasteiger partial charge in [-0.2, -0.15) is 0 Å². The first-order valence-electron chi connectivity index (χ1n) is 8.30. The Morgan fingerprint density at radius 3 is 2.69 bits per heavy atom. The molecular formula is C17H18F2N6O. The van der Waals surface area contributed by atoms with E-state index in [1.807, 2.05) is 10.5 Å². The van der Waals surface area contributed by atoms with Gasteiger partial charge < -0.3 is 9.64 Å². The van der Waals surface area contributed by atoms with Crippen molar-refractivity contribution >= 4 is 11.6 Å². The molecule has 0 spiro atoms. The molecule has 0 atom stereocenters. The van der Waals surface area contributed by atoms with Crippen LogP contribution in [0.15, 0.2) is 30.7 Å². The Bertz CT molecular complexity index is 923. The highest BCUT2D eigenvalue weighted by Crippen LogP contribution is 2.26. The second-order valence-electron chi connectivity index (χ2n) is 6.11. The minimum absolute atomic E-state index is 0.256. The minimum atomic E-state index is -0.855. The van der Waals surface area contributed by atoms with E-state index in [-0.39, 0.29) is 5.56 Å². The van der Waals surface area contributed by atoms with Crippen LogP contribution in [0.1, 0.15) is 5.56 Å². The Morgan fingerprint density at radius 1 is 1.12 bits per heavy atom. The van der Waals surface area contributed by atoms with Crippen LogP contribution in [0.4, 0.5) is 14.6 Å².